The van der Waals surface area contributed by atoms with Crippen LogP contribution in [0.25, 0.3) is 0 Å². The molecular weight excluding hydrogens is 173 g/mol. The van der Waals surface area contributed by atoms with Crippen molar-refractivity contribution < 1.29 is 20.7 Å². The van der Waals surface area contributed by atoms with Crippen molar-refractivity contribution in [1.82, 2.24) is 0 Å². The van der Waals surface area contributed by atoms with Crippen LogP contribution in [0.1, 0.15) is 1.43 Å². The summed E-state index contributed by atoms with van der Waals surface area (Å²) in [7, 11) is -4.64. The van der Waals surface area contributed by atoms with E-state index in [1.807, 2.05) is 0 Å². The molecular formula is H5K2O4P. The summed E-state index contributed by atoms with van der Waals surface area (Å²) in [6.07, 6.45) is 0. The zero-order chi connectivity index (χ0) is 4.50. The van der Waals surface area contributed by atoms with E-state index in [4.69, 9.17) is 19.2 Å². The summed E-state index contributed by atoms with van der Waals surface area (Å²) in [6.45, 7) is 0. The van der Waals surface area contributed by atoms with E-state index in [2.05, 4.69) is 0 Å². The molecule has 3 N–H and O–H groups in total. The van der Waals surface area contributed by atoms with Crippen LogP contribution in [-0.4, -0.2) is 117 Å². The topological polar surface area (TPSA) is 77.8 Å². The molecule has 0 aliphatic rings. The van der Waals surface area contributed by atoms with E-state index in [9.17, 15) is 0 Å². The molecule has 4 nitrogen and oxygen atoms in total. The molecule has 0 bridgehead atoms. The molecule has 36 valence electrons. The summed E-state index contributed by atoms with van der Waals surface area (Å²) >= 11 is 0. The van der Waals surface area contributed by atoms with Gasteiger partial charge in [-0.3, -0.25) is 0 Å². The minimum Gasteiger partial charge on any atom is -0.303 e. The van der Waals surface area contributed by atoms with E-state index in [1.165, 1.54) is 0 Å². The maximum Gasteiger partial charge on any atom is 0.466 e. The molecule has 7 heteroatoms. The van der Waals surface area contributed by atoms with E-state index in [1.54, 1.807) is 0 Å². The van der Waals surface area contributed by atoms with Crippen molar-refractivity contribution in [1.29, 1.82) is 0 Å². The second-order valence-corrected chi connectivity index (χ2v) is 1.54. The van der Waals surface area contributed by atoms with E-state index >= 15 is 0 Å². The standard InChI is InChI=1S/2K.H3O4P.H2/c;;1-5(2,3)4;/h;;(H3,1,2,3,4);1H. The summed E-state index contributed by atoms with van der Waals surface area (Å²) < 4.78 is 8.88. The minimum absolute atomic E-state index is 0. The van der Waals surface area contributed by atoms with Gasteiger partial charge in [-0.15, -0.1) is 0 Å². The second-order valence-electron chi connectivity index (χ2n) is 0.513. The van der Waals surface area contributed by atoms with Crippen LogP contribution in [0.3, 0.4) is 0 Å². The van der Waals surface area contributed by atoms with E-state index in [0.29, 0.717) is 0 Å². The Labute approximate surface area is 128 Å². The molecule has 0 fully saturated rings. The monoisotopic (exact) mass is 178 g/mol. The molecule has 0 aromatic rings. The Bertz CT molecular complexity index is 60.2. The first kappa shape index (κ1) is 16.8. The molecule has 0 heterocycles. The van der Waals surface area contributed by atoms with Gasteiger partial charge in [-0.1, -0.05) is 0 Å². The fourth-order valence-electron chi connectivity index (χ4n) is 0. The van der Waals surface area contributed by atoms with E-state index in [-0.39, 0.29) is 104 Å². The van der Waals surface area contributed by atoms with Gasteiger partial charge in [-0.05, 0) is 0 Å². The van der Waals surface area contributed by atoms with Crippen LogP contribution in [0.2, 0.25) is 0 Å². The largest absolute Gasteiger partial charge is 0.466 e. The zero-order valence-corrected chi connectivity index (χ0v) is 11.3. The van der Waals surface area contributed by atoms with Crippen molar-refractivity contribution >= 4 is 111 Å². The molecule has 0 aliphatic carbocycles. The third-order valence-electron chi connectivity index (χ3n) is 0. The minimum atomic E-state index is -4.64. The number of hydrogen-bond acceptors (Lipinski definition) is 1. The van der Waals surface area contributed by atoms with Gasteiger partial charge in [0.2, 0.25) is 0 Å². The van der Waals surface area contributed by atoms with Gasteiger partial charge < -0.3 is 14.7 Å². The third-order valence-corrected chi connectivity index (χ3v) is 0. The van der Waals surface area contributed by atoms with Gasteiger partial charge in [-0.25, -0.2) is 4.57 Å². The van der Waals surface area contributed by atoms with E-state index in [0.717, 1.165) is 0 Å². The van der Waals surface area contributed by atoms with Gasteiger partial charge in [0.1, 0.15) is 0 Å². The Hall–Kier alpha value is 3.38. The summed E-state index contributed by atoms with van der Waals surface area (Å²) in [6, 6.07) is 0. The zero-order valence-electron chi connectivity index (χ0n) is 4.20. The maximum atomic E-state index is 8.88. The van der Waals surface area contributed by atoms with Crippen LogP contribution < -0.4 is 0 Å². The molecule has 0 aromatic heterocycles. The van der Waals surface area contributed by atoms with Gasteiger partial charge in [0.15, 0.2) is 0 Å². The normalized spacial score (nSPS) is 8.43. The molecule has 0 aliphatic heterocycles. The second kappa shape index (κ2) is 7.49. The number of phosphoric acid groups is 1. The summed E-state index contributed by atoms with van der Waals surface area (Å²) in [5, 5.41) is 0. The quantitative estimate of drug-likeness (QED) is 0.313. The third kappa shape index (κ3) is 44.7. The van der Waals surface area contributed by atoms with Crippen LogP contribution in [0, 0.1) is 0 Å². The molecule has 0 amide bonds. The van der Waals surface area contributed by atoms with Crippen molar-refractivity contribution in [2.45, 2.75) is 0 Å². The molecule has 2 radical (unpaired) electrons. The molecule has 0 aromatic carbocycles. The van der Waals surface area contributed by atoms with Crippen LogP contribution in [0.5, 0.6) is 0 Å². The van der Waals surface area contributed by atoms with Crippen molar-refractivity contribution in [3.05, 3.63) is 0 Å². The molecule has 7 heavy (non-hydrogen) atoms. The SMILES string of the molecule is O=P(O)(O)O.[HH].[K].[K]. The maximum absolute atomic E-state index is 8.88. The number of hydrogen-bond donors (Lipinski definition) is 3. The molecule has 0 unspecified atom stereocenters. The first-order valence-corrected chi connectivity index (χ1v) is 2.35. The Morgan fingerprint density at radius 2 is 1.14 bits per heavy atom. The van der Waals surface area contributed by atoms with Gasteiger partial charge in [-0.2, -0.15) is 0 Å². The first-order chi connectivity index (χ1) is 2.00. The van der Waals surface area contributed by atoms with Crippen molar-refractivity contribution in [3.8, 4) is 0 Å². The van der Waals surface area contributed by atoms with Crippen LogP contribution in [0.15, 0.2) is 0 Å². The molecule has 0 saturated heterocycles. The van der Waals surface area contributed by atoms with E-state index < -0.39 is 7.82 Å². The van der Waals surface area contributed by atoms with Gasteiger partial charge in [0.25, 0.3) is 0 Å². The van der Waals surface area contributed by atoms with Crippen LogP contribution in [-0.2, 0) is 4.57 Å². The molecule has 0 spiro atoms. The van der Waals surface area contributed by atoms with Crippen molar-refractivity contribution in [3.63, 3.8) is 0 Å². The Morgan fingerprint density at radius 1 is 1.14 bits per heavy atom. The molecule has 0 saturated carbocycles. The summed E-state index contributed by atoms with van der Waals surface area (Å²) in [4.78, 5) is 21.6. The fraction of sp³-hybridized carbons (Fsp3) is 0. The number of rotatable bonds is 0. The summed E-state index contributed by atoms with van der Waals surface area (Å²) in [5.74, 6) is 0. The van der Waals surface area contributed by atoms with Gasteiger partial charge in [0.05, 0.1) is 0 Å². The fourth-order valence-corrected chi connectivity index (χ4v) is 0. The van der Waals surface area contributed by atoms with Crippen molar-refractivity contribution in [2.75, 3.05) is 0 Å². The first-order valence-electron chi connectivity index (χ1n) is 0.783. The average Bonchev–Trinajstić information content (AvgIpc) is 0.722. The van der Waals surface area contributed by atoms with Gasteiger partial charge in [0, 0.05) is 104 Å². The predicted molar refractivity (Wildman–Crippen MR) is 27.9 cm³/mol. The molecule has 0 atom stereocenters. The average molecular weight is 178 g/mol. The molecule has 0 rings (SSSR count). The Morgan fingerprint density at radius 3 is 1.14 bits per heavy atom. The predicted octanol–water partition coefficient (Wildman–Crippen LogP) is -1.44. The van der Waals surface area contributed by atoms with Crippen LogP contribution in [0.4, 0.5) is 0 Å². The van der Waals surface area contributed by atoms with Crippen molar-refractivity contribution in [2.24, 2.45) is 0 Å². The Kier molecular flexibility index (Phi) is 17.9. The Balaban J connectivity index is -0.0000000267. The smallest absolute Gasteiger partial charge is 0.303 e. The van der Waals surface area contributed by atoms with Gasteiger partial charge >= 0.3 is 7.82 Å². The van der Waals surface area contributed by atoms with Crippen LogP contribution >= 0.6 is 7.82 Å². The summed E-state index contributed by atoms with van der Waals surface area (Å²) in [5.41, 5.74) is 0.